The highest BCUT2D eigenvalue weighted by Crippen LogP contribution is 2.37. The molecule has 0 unspecified atom stereocenters. The zero-order valence-corrected chi connectivity index (χ0v) is 26.1. The van der Waals surface area contributed by atoms with E-state index in [2.05, 4.69) is 100 Å². The summed E-state index contributed by atoms with van der Waals surface area (Å²) in [6.07, 6.45) is 0.146. The largest absolute Gasteiger partial charge is 0.407 e. The Morgan fingerprint density at radius 2 is 1.30 bits per heavy atom. The minimum Gasteiger partial charge on any atom is -0.407 e. The highest BCUT2D eigenvalue weighted by atomic mass is 28.4. The average molecular weight is 565 g/mol. The summed E-state index contributed by atoms with van der Waals surface area (Å²) >= 11 is 0. The molecule has 0 aromatic heterocycles. The molecule has 0 heterocycles. The predicted octanol–water partition coefficient (Wildman–Crippen LogP) is 5.79. The molecule has 0 spiro atoms. The lowest BCUT2D eigenvalue weighted by atomic mass is 9.93. The molecule has 0 saturated carbocycles. The van der Waals surface area contributed by atoms with E-state index in [-0.39, 0.29) is 42.5 Å². The molecule has 5 nitrogen and oxygen atoms in total. The molecule has 0 aliphatic rings. The van der Waals surface area contributed by atoms with Gasteiger partial charge in [0.05, 0.1) is 18.8 Å². The van der Waals surface area contributed by atoms with Gasteiger partial charge in [0.1, 0.15) is 6.79 Å². The van der Waals surface area contributed by atoms with Crippen molar-refractivity contribution in [1.29, 1.82) is 0 Å². The van der Waals surface area contributed by atoms with E-state index in [1.165, 1.54) is 10.4 Å². The molecule has 3 rings (SSSR count). The van der Waals surface area contributed by atoms with Gasteiger partial charge in [-0.2, -0.15) is 0 Å². The van der Waals surface area contributed by atoms with Crippen molar-refractivity contribution in [3.05, 3.63) is 96.6 Å². The number of hydrogen-bond donors (Lipinski definition) is 1. The second-order valence-electron chi connectivity index (χ2n) is 11.8. The average Bonchev–Trinajstić information content (AvgIpc) is 2.97. The van der Waals surface area contributed by atoms with E-state index in [1.54, 1.807) is 7.11 Å². The smallest absolute Gasteiger partial charge is 0.261 e. The van der Waals surface area contributed by atoms with Crippen LogP contribution in [0.3, 0.4) is 0 Å². The van der Waals surface area contributed by atoms with Crippen LogP contribution in [0.25, 0.3) is 0 Å². The molecule has 0 radical (unpaired) electrons. The Bertz CT molecular complexity index is 1050. The second-order valence-corrected chi connectivity index (χ2v) is 16.2. The summed E-state index contributed by atoms with van der Waals surface area (Å²) < 4.78 is 25.4. The van der Waals surface area contributed by atoms with Crippen molar-refractivity contribution >= 4 is 18.7 Å². The van der Waals surface area contributed by atoms with Gasteiger partial charge in [-0.1, -0.05) is 126 Å². The van der Waals surface area contributed by atoms with Crippen molar-refractivity contribution in [3.63, 3.8) is 0 Å². The Morgan fingerprint density at radius 1 is 0.775 bits per heavy atom. The Hall–Kier alpha value is -2.32. The van der Waals surface area contributed by atoms with Gasteiger partial charge >= 0.3 is 0 Å². The maximum Gasteiger partial charge on any atom is 0.261 e. The highest BCUT2D eigenvalue weighted by Gasteiger charge is 2.50. The molecule has 0 aliphatic heterocycles. The van der Waals surface area contributed by atoms with Gasteiger partial charge in [0.15, 0.2) is 0 Å². The molecule has 3 aromatic carbocycles. The lowest BCUT2D eigenvalue weighted by Crippen LogP contribution is -2.67. The first kappa shape index (κ1) is 32.2. The van der Waals surface area contributed by atoms with Gasteiger partial charge in [0.25, 0.3) is 8.32 Å². The number of benzene rings is 3. The maximum atomic E-state index is 9.88. The fraction of sp³-hybridized carbons (Fsp3) is 0.471. The van der Waals surface area contributed by atoms with Crippen molar-refractivity contribution in [2.75, 3.05) is 27.1 Å². The van der Waals surface area contributed by atoms with Gasteiger partial charge in [-0.3, -0.25) is 0 Å². The van der Waals surface area contributed by atoms with E-state index in [1.807, 2.05) is 25.1 Å². The molecule has 3 aromatic rings. The Kier molecular flexibility index (Phi) is 12.6. The standard InChI is InChI=1S/C34H48O5Si/c1-27(23-35)22-32(37-25-29-16-10-7-11-17-29)33(38-26-36-6)28(2)24-39-40(34(3,4)5,30-18-12-8-13-19-30)31-20-14-9-15-21-31/h7-21,27-28,32-33,35H,22-26H2,1-6H3/t27-,28+,32-,33-/m0/s1. The van der Waals surface area contributed by atoms with Crippen LogP contribution >= 0.6 is 0 Å². The predicted molar refractivity (Wildman–Crippen MR) is 165 cm³/mol. The first-order chi connectivity index (χ1) is 19.2. The van der Waals surface area contributed by atoms with Crippen LogP contribution in [0.2, 0.25) is 5.04 Å². The van der Waals surface area contributed by atoms with Gasteiger partial charge in [-0.25, -0.2) is 0 Å². The molecular formula is C34H48O5Si. The number of hydrogen-bond acceptors (Lipinski definition) is 5. The third-order valence-corrected chi connectivity index (χ3v) is 12.5. The summed E-state index contributed by atoms with van der Waals surface area (Å²) in [6, 6.07) is 31.5. The molecule has 0 bridgehead atoms. The van der Waals surface area contributed by atoms with E-state index in [4.69, 9.17) is 18.6 Å². The van der Waals surface area contributed by atoms with Crippen LogP contribution in [0.1, 0.15) is 46.6 Å². The number of methoxy groups -OCH3 is 1. The summed E-state index contributed by atoms with van der Waals surface area (Å²) in [4.78, 5) is 0. The minimum absolute atomic E-state index is 0.00321. The summed E-state index contributed by atoms with van der Waals surface area (Å²) in [6.45, 7) is 12.3. The molecule has 40 heavy (non-hydrogen) atoms. The second kappa shape index (κ2) is 15.6. The molecule has 0 amide bonds. The highest BCUT2D eigenvalue weighted by molar-refractivity contribution is 6.99. The third-order valence-electron chi connectivity index (χ3n) is 7.54. The molecule has 0 aliphatic carbocycles. The molecule has 1 N–H and O–H groups in total. The molecule has 4 atom stereocenters. The molecule has 0 fully saturated rings. The fourth-order valence-electron chi connectivity index (χ4n) is 5.44. The Labute approximate surface area is 242 Å². The SMILES string of the molecule is COCO[C@@H]([C@H](C)CO[Si](c1ccccc1)(c1ccccc1)C(C)(C)C)[C@H](C[C@H](C)CO)OCc1ccccc1. The fourth-order valence-corrected chi connectivity index (χ4v) is 10.1. The maximum absolute atomic E-state index is 9.88. The zero-order valence-electron chi connectivity index (χ0n) is 25.1. The van der Waals surface area contributed by atoms with Gasteiger partial charge in [0, 0.05) is 26.2 Å². The van der Waals surface area contributed by atoms with Gasteiger partial charge in [-0.15, -0.1) is 0 Å². The van der Waals surface area contributed by atoms with Gasteiger partial charge in [0.2, 0.25) is 0 Å². The molecule has 0 saturated heterocycles. The molecule has 6 heteroatoms. The monoisotopic (exact) mass is 564 g/mol. The van der Waals surface area contributed by atoms with Crippen LogP contribution in [0.5, 0.6) is 0 Å². The topological polar surface area (TPSA) is 57.2 Å². The first-order valence-corrected chi connectivity index (χ1v) is 16.3. The van der Waals surface area contributed by atoms with Crippen LogP contribution < -0.4 is 10.4 Å². The van der Waals surface area contributed by atoms with Crippen LogP contribution in [-0.4, -0.2) is 52.7 Å². The number of aliphatic hydroxyl groups excluding tert-OH is 1. The third kappa shape index (κ3) is 8.35. The van der Waals surface area contributed by atoms with E-state index in [9.17, 15) is 5.11 Å². The van der Waals surface area contributed by atoms with Crippen molar-refractivity contribution in [1.82, 2.24) is 0 Å². The van der Waals surface area contributed by atoms with Crippen LogP contribution in [0.15, 0.2) is 91.0 Å². The lowest BCUT2D eigenvalue weighted by molar-refractivity contribution is -0.157. The van der Waals surface area contributed by atoms with E-state index in [0.717, 1.165) is 5.56 Å². The lowest BCUT2D eigenvalue weighted by Gasteiger charge is -2.44. The first-order valence-electron chi connectivity index (χ1n) is 14.3. The van der Waals surface area contributed by atoms with Gasteiger partial charge in [-0.05, 0) is 33.3 Å². The number of aliphatic hydroxyl groups is 1. The Morgan fingerprint density at radius 3 is 1.77 bits per heavy atom. The van der Waals surface area contributed by atoms with E-state index in [0.29, 0.717) is 19.6 Å². The molecular weight excluding hydrogens is 516 g/mol. The summed E-state index contributed by atoms with van der Waals surface area (Å²) in [5.41, 5.74) is 1.10. The van der Waals surface area contributed by atoms with Crippen LogP contribution in [0, 0.1) is 11.8 Å². The molecule has 218 valence electrons. The minimum atomic E-state index is -2.70. The van der Waals surface area contributed by atoms with Crippen molar-refractivity contribution in [2.45, 2.75) is 64.9 Å². The van der Waals surface area contributed by atoms with Crippen molar-refractivity contribution in [3.8, 4) is 0 Å². The van der Waals surface area contributed by atoms with Crippen LogP contribution in [0.4, 0.5) is 0 Å². The number of ether oxygens (including phenoxy) is 3. The van der Waals surface area contributed by atoms with E-state index >= 15 is 0 Å². The Balaban J connectivity index is 1.93. The van der Waals surface area contributed by atoms with Crippen molar-refractivity contribution < 1.29 is 23.7 Å². The number of rotatable bonds is 16. The summed E-state index contributed by atoms with van der Waals surface area (Å²) in [7, 11) is -1.07. The summed E-state index contributed by atoms with van der Waals surface area (Å²) in [5, 5.41) is 12.3. The van der Waals surface area contributed by atoms with Crippen molar-refractivity contribution in [2.24, 2.45) is 11.8 Å². The van der Waals surface area contributed by atoms with E-state index < -0.39 is 8.32 Å². The quantitative estimate of drug-likeness (QED) is 0.176. The zero-order chi connectivity index (χ0) is 29.0. The summed E-state index contributed by atoms with van der Waals surface area (Å²) in [5.74, 6) is 0.0719. The normalized spacial score (nSPS) is 15.4. The van der Waals surface area contributed by atoms with Gasteiger partial charge < -0.3 is 23.7 Å². The van der Waals surface area contributed by atoms with Crippen LogP contribution in [-0.2, 0) is 25.2 Å².